The van der Waals surface area contributed by atoms with Gasteiger partial charge in [-0.05, 0) is 67.0 Å². The Balaban J connectivity index is 0. The van der Waals surface area contributed by atoms with Crippen LogP contribution >= 0.6 is 0 Å². The van der Waals surface area contributed by atoms with Gasteiger partial charge in [0.1, 0.15) is 6.54 Å². The van der Waals surface area contributed by atoms with Crippen LogP contribution in [0.3, 0.4) is 0 Å². The molecule has 51 heavy (non-hydrogen) atoms. The second kappa shape index (κ2) is 29.2. The Hall–Kier alpha value is -3.40. The number of rotatable bonds is 17. The van der Waals surface area contributed by atoms with E-state index in [1.54, 1.807) is 18.2 Å². The van der Waals surface area contributed by atoms with Crippen molar-refractivity contribution in [1.82, 2.24) is 15.5 Å². The number of nitrogens with zero attached hydrogens (tertiary/aromatic N) is 2. The Kier molecular flexibility index (Phi) is 28.5. The van der Waals surface area contributed by atoms with Gasteiger partial charge in [-0.3, -0.25) is 9.59 Å². The maximum Gasteiger partial charge on any atom is 0.244 e. The molecule has 0 aromatic heterocycles. The van der Waals surface area contributed by atoms with Crippen LogP contribution in [0.1, 0.15) is 46.2 Å². The van der Waals surface area contributed by atoms with E-state index in [0.29, 0.717) is 13.1 Å². The van der Waals surface area contributed by atoms with Crippen LogP contribution in [0.2, 0.25) is 6.82 Å². The van der Waals surface area contributed by atoms with E-state index in [2.05, 4.69) is 68.3 Å². The number of aliphatic hydroxyl groups is 2. The van der Waals surface area contributed by atoms with Gasteiger partial charge in [-0.2, -0.15) is 0 Å². The fourth-order valence-corrected chi connectivity index (χ4v) is 4.59. The summed E-state index contributed by atoms with van der Waals surface area (Å²) in [4.78, 5) is 25.6. The minimum absolute atomic E-state index is 0. The maximum absolute atomic E-state index is 12.0. The van der Waals surface area contributed by atoms with Gasteiger partial charge in [0.25, 0.3) is 0 Å². The molecular weight excluding hydrogens is 698 g/mol. The van der Waals surface area contributed by atoms with E-state index in [-0.39, 0.29) is 56.0 Å². The van der Waals surface area contributed by atoms with Crippen molar-refractivity contribution in [2.24, 2.45) is 0 Å². The second-order valence-electron chi connectivity index (χ2n) is 12.3. The number of quaternary nitrogens is 1. The third kappa shape index (κ3) is 23.7. The molecule has 3 aromatic carbocycles. The zero-order valence-corrected chi connectivity index (χ0v) is 33.0. The molecule has 0 unspecified atom stereocenters. The number of carbonyl (C=O) groups is 2. The van der Waals surface area contributed by atoms with Gasteiger partial charge in [-0.15, -0.1) is 0 Å². The quantitative estimate of drug-likeness (QED) is 0.0733. The summed E-state index contributed by atoms with van der Waals surface area (Å²) in [5.41, 5.74) is 6.04. The third-order valence-electron chi connectivity index (χ3n) is 7.33. The summed E-state index contributed by atoms with van der Waals surface area (Å²) in [7, 11) is 12.9. The van der Waals surface area contributed by atoms with Crippen LogP contribution in [-0.2, 0) is 47.9 Å². The summed E-state index contributed by atoms with van der Waals surface area (Å²) in [6, 6.07) is 23.4. The van der Waals surface area contributed by atoms with Crippen molar-refractivity contribution >= 4 is 37.9 Å². The third-order valence-corrected chi connectivity index (χ3v) is 7.33. The summed E-state index contributed by atoms with van der Waals surface area (Å²) in [5.74, 6) is -0.165. The normalized spacial score (nSPS) is 10.6. The smallest absolute Gasteiger partial charge is 0.244 e. The van der Waals surface area contributed by atoms with Crippen molar-refractivity contribution in [3.05, 3.63) is 125 Å². The topological polar surface area (TPSA) is 102 Å². The van der Waals surface area contributed by atoms with E-state index in [0.717, 1.165) is 64.8 Å². The minimum Gasteiger partial charge on any atom is -1.00 e. The first-order valence-electron chi connectivity index (χ1n) is 16.6. The molecule has 0 spiro atoms. The Morgan fingerprint density at radius 3 is 1.51 bits per heavy atom. The summed E-state index contributed by atoms with van der Waals surface area (Å²) < 4.78 is 0.871. The zero-order valence-electron chi connectivity index (χ0n) is 30.9. The van der Waals surface area contributed by atoms with E-state index in [1.807, 2.05) is 68.7 Å². The SMILES string of the molecule is C=Cc1ccc(C[N+](C)(C)CCCNC(=O)/C=C/c2ccc(CO)cc2)cc1.CN(C)CCCNC(=O)/C=C/c1ccc(CO)cc1.[B]C.[Cl-].[V]. The average Bonchev–Trinajstić information content (AvgIpc) is 3.12. The largest absolute Gasteiger partial charge is 1.00 e. The molecule has 0 heterocycles. The van der Waals surface area contributed by atoms with Gasteiger partial charge in [-0.1, -0.05) is 92.3 Å². The number of hydrogen-bond acceptors (Lipinski definition) is 5. The number of amides is 2. The van der Waals surface area contributed by atoms with Crippen LogP contribution < -0.4 is 23.0 Å². The molecular formula is C40H56BClN4O4V. The Morgan fingerprint density at radius 1 is 0.725 bits per heavy atom. The molecule has 0 aliphatic heterocycles. The molecule has 8 nitrogen and oxygen atoms in total. The van der Waals surface area contributed by atoms with Crippen LogP contribution in [0.25, 0.3) is 18.2 Å². The number of halogens is 1. The molecule has 0 saturated heterocycles. The zero-order chi connectivity index (χ0) is 36.5. The molecule has 0 fully saturated rings. The number of aliphatic hydroxyl groups excluding tert-OH is 2. The van der Waals surface area contributed by atoms with Crippen molar-refractivity contribution in [2.75, 3.05) is 54.4 Å². The molecule has 3 radical (unpaired) electrons. The van der Waals surface area contributed by atoms with Gasteiger partial charge < -0.3 is 42.6 Å². The molecule has 2 amide bonds. The molecule has 3 rings (SSSR count). The molecule has 0 bridgehead atoms. The molecule has 0 aliphatic rings. The molecule has 0 saturated carbocycles. The van der Waals surface area contributed by atoms with Gasteiger partial charge in [-0.25, -0.2) is 0 Å². The Bertz CT molecular complexity index is 1430. The van der Waals surface area contributed by atoms with Crippen molar-refractivity contribution in [1.29, 1.82) is 0 Å². The summed E-state index contributed by atoms with van der Waals surface area (Å²) >= 11 is 0. The molecule has 3 aromatic rings. The summed E-state index contributed by atoms with van der Waals surface area (Å²) in [6.45, 7) is 9.59. The Labute approximate surface area is 326 Å². The molecule has 0 aliphatic carbocycles. The fraction of sp³-hybridized carbons (Fsp3) is 0.350. The molecule has 0 atom stereocenters. The van der Waals surface area contributed by atoms with Crippen LogP contribution in [0.15, 0.2) is 91.5 Å². The first kappa shape index (κ1) is 49.7. The first-order valence-corrected chi connectivity index (χ1v) is 16.6. The van der Waals surface area contributed by atoms with E-state index < -0.39 is 0 Å². The standard InChI is InChI=1S/C24H30N2O2.C15H22N2O2.CH3B.ClH.V/c1-4-20-6-10-22(11-7-20)18-26(2,3)17-5-16-25-24(28)15-14-21-8-12-23(19-27)13-9-21;1-17(2)11-3-10-16-15(19)9-8-13-4-6-14(12-18)7-5-13;1-2;;/h4,6-15,27H,1,5,16-19H2,2-3H3;4-9,18H,3,10-12H2,1-2H3,(H,16,19);1H3;1H;/b15-14+;9-8+;;;. The number of benzene rings is 3. The van der Waals surface area contributed by atoms with E-state index >= 15 is 0 Å². The van der Waals surface area contributed by atoms with Crippen LogP contribution in [0.4, 0.5) is 0 Å². The van der Waals surface area contributed by atoms with E-state index in [4.69, 9.17) is 10.2 Å². The number of nitrogens with one attached hydrogen (secondary N) is 2. The summed E-state index contributed by atoms with van der Waals surface area (Å²) in [6.07, 6.45) is 10.3. The Morgan fingerprint density at radius 2 is 1.12 bits per heavy atom. The van der Waals surface area contributed by atoms with E-state index in [9.17, 15) is 9.59 Å². The molecule has 4 N–H and O–H groups in total. The van der Waals surface area contributed by atoms with Crippen molar-refractivity contribution < 1.29 is 55.2 Å². The first-order chi connectivity index (χ1) is 23.5. The van der Waals surface area contributed by atoms with Crippen molar-refractivity contribution in [2.45, 2.75) is 39.4 Å². The van der Waals surface area contributed by atoms with Crippen LogP contribution in [0.5, 0.6) is 0 Å². The minimum atomic E-state index is -0.0865. The fourth-order valence-electron chi connectivity index (χ4n) is 4.59. The summed E-state index contributed by atoms with van der Waals surface area (Å²) in [5, 5.41) is 23.7. The maximum atomic E-state index is 12.0. The van der Waals surface area contributed by atoms with Gasteiger partial charge in [0.2, 0.25) is 11.8 Å². The molecule has 275 valence electrons. The van der Waals surface area contributed by atoms with Crippen molar-refractivity contribution in [3.8, 4) is 0 Å². The van der Waals surface area contributed by atoms with Gasteiger partial charge in [0, 0.05) is 55.8 Å². The second-order valence-corrected chi connectivity index (χ2v) is 12.3. The van der Waals surface area contributed by atoms with Crippen LogP contribution in [0, 0.1) is 0 Å². The molecule has 11 heteroatoms. The van der Waals surface area contributed by atoms with E-state index in [1.165, 1.54) is 18.5 Å². The number of hydrogen-bond donors (Lipinski definition) is 4. The predicted octanol–water partition coefficient (Wildman–Crippen LogP) is 2.08. The van der Waals surface area contributed by atoms with Gasteiger partial charge >= 0.3 is 0 Å². The average molecular weight is 754 g/mol. The monoisotopic (exact) mass is 753 g/mol. The van der Waals surface area contributed by atoms with Gasteiger partial charge in [0.15, 0.2) is 0 Å². The number of carbonyl (C=O) groups excluding carboxylic acids is 2. The predicted molar refractivity (Wildman–Crippen MR) is 205 cm³/mol. The van der Waals surface area contributed by atoms with Gasteiger partial charge in [0.05, 0.1) is 41.7 Å². The van der Waals surface area contributed by atoms with Crippen LogP contribution in [-0.4, -0.2) is 93.6 Å². The van der Waals surface area contributed by atoms with Crippen molar-refractivity contribution in [3.63, 3.8) is 0 Å².